The van der Waals surface area contributed by atoms with E-state index in [0.717, 1.165) is 18.9 Å². The summed E-state index contributed by atoms with van der Waals surface area (Å²) in [5.41, 5.74) is -0.303. The minimum absolute atomic E-state index is 0.0327. The number of thioether (sulfide) groups is 1. The van der Waals surface area contributed by atoms with Crippen LogP contribution in [-0.2, 0) is 4.79 Å². The van der Waals surface area contributed by atoms with Crippen LogP contribution >= 0.6 is 11.8 Å². The zero-order valence-electron chi connectivity index (χ0n) is 21.6. The quantitative estimate of drug-likeness (QED) is 0.0869. The van der Waals surface area contributed by atoms with E-state index < -0.39 is 34.5 Å². The molecule has 8 heteroatoms. The third kappa shape index (κ3) is 11.4. The second-order valence-electron chi connectivity index (χ2n) is 8.77. The Balaban J connectivity index is 2.09. The molecule has 0 aliphatic carbocycles. The summed E-state index contributed by atoms with van der Waals surface area (Å²) >= 11 is 1.32. The molecule has 3 N–H and O–H groups in total. The smallest absolute Gasteiger partial charge is 0.371 e. The number of aliphatic hydroxyl groups excluding tert-OH is 1. The molecule has 0 unspecified atom stereocenters. The molecule has 0 saturated heterocycles. The van der Waals surface area contributed by atoms with E-state index in [4.69, 9.17) is 9.52 Å². The lowest BCUT2D eigenvalue weighted by Gasteiger charge is -2.19. The fraction of sp³-hybridized carbons (Fsp3) is 0.367. The van der Waals surface area contributed by atoms with Crippen LogP contribution in [0.15, 0.2) is 87.0 Å². The summed E-state index contributed by atoms with van der Waals surface area (Å²) in [5.74, 6) is -2.69. The van der Waals surface area contributed by atoms with Gasteiger partial charge in [0.2, 0.25) is 5.76 Å². The van der Waals surface area contributed by atoms with E-state index in [9.17, 15) is 24.6 Å². The number of benzene rings is 1. The van der Waals surface area contributed by atoms with Crippen LogP contribution in [0, 0.1) is 0 Å². The number of fused-ring (bicyclic) bond motifs is 1. The molecular weight excluding hydrogens is 504 g/mol. The van der Waals surface area contributed by atoms with E-state index >= 15 is 0 Å². The topological polar surface area (TPSA) is 125 Å². The molecule has 1 heterocycles. The number of aliphatic hydroxyl groups is 1. The first-order valence-corrected chi connectivity index (χ1v) is 13.7. The monoisotopic (exact) mass is 540 g/mol. The van der Waals surface area contributed by atoms with Gasteiger partial charge in [0.15, 0.2) is 5.43 Å². The summed E-state index contributed by atoms with van der Waals surface area (Å²) in [7, 11) is 0. The summed E-state index contributed by atoms with van der Waals surface area (Å²) in [5, 5.41) is 28.7. The molecule has 2 rings (SSSR count). The maximum absolute atomic E-state index is 12.2. The maximum Gasteiger partial charge on any atom is 0.371 e. The molecule has 0 aliphatic heterocycles. The Hall–Kier alpha value is -3.36. The van der Waals surface area contributed by atoms with Gasteiger partial charge in [-0.15, -0.1) is 11.8 Å². The van der Waals surface area contributed by atoms with Crippen molar-refractivity contribution in [2.45, 2.75) is 74.5 Å². The van der Waals surface area contributed by atoms with E-state index in [1.165, 1.54) is 31.0 Å². The van der Waals surface area contributed by atoms with E-state index in [1.807, 2.05) is 30.4 Å². The van der Waals surface area contributed by atoms with Crippen molar-refractivity contribution < 1.29 is 29.3 Å². The number of hydrogen-bond acceptors (Lipinski definition) is 6. The van der Waals surface area contributed by atoms with Crippen molar-refractivity contribution >= 4 is 34.7 Å². The molecule has 0 radical (unpaired) electrons. The number of carboxylic acids is 2. The minimum Gasteiger partial charge on any atom is -0.481 e. The maximum atomic E-state index is 12.2. The molecular formula is C30H36O7S. The summed E-state index contributed by atoms with van der Waals surface area (Å²) in [4.78, 5) is 35.0. The molecule has 2 atom stereocenters. The van der Waals surface area contributed by atoms with Gasteiger partial charge >= 0.3 is 11.9 Å². The molecule has 0 amide bonds. The first-order valence-electron chi connectivity index (χ1n) is 12.8. The first kappa shape index (κ1) is 30.9. The second kappa shape index (κ2) is 17.2. The van der Waals surface area contributed by atoms with Gasteiger partial charge in [-0.3, -0.25) is 9.59 Å². The van der Waals surface area contributed by atoms with Crippen LogP contribution in [0.2, 0.25) is 0 Å². The van der Waals surface area contributed by atoms with Crippen LogP contribution in [0.4, 0.5) is 0 Å². The van der Waals surface area contributed by atoms with Gasteiger partial charge in [-0.05, 0) is 50.3 Å². The lowest BCUT2D eigenvalue weighted by molar-refractivity contribution is -0.137. The van der Waals surface area contributed by atoms with Crippen molar-refractivity contribution in [1.29, 1.82) is 0 Å². The highest BCUT2D eigenvalue weighted by molar-refractivity contribution is 8.00. The molecule has 0 bridgehead atoms. The number of aromatic carboxylic acids is 1. The van der Waals surface area contributed by atoms with Gasteiger partial charge in [0, 0.05) is 17.4 Å². The van der Waals surface area contributed by atoms with Gasteiger partial charge in [-0.2, -0.15) is 0 Å². The molecule has 0 spiro atoms. The normalized spacial score (nSPS) is 13.8. The molecule has 38 heavy (non-hydrogen) atoms. The highest BCUT2D eigenvalue weighted by Gasteiger charge is 2.19. The number of carbonyl (C=O) groups is 2. The van der Waals surface area contributed by atoms with E-state index in [0.29, 0.717) is 17.7 Å². The Morgan fingerprint density at radius 2 is 1.79 bits per heavy atom. The zero-order chi connectivity index (χ0) is 27.8. The van der Waals surface area contributed by atoms with Crippen molar-refractivity contribution in [3.05, 3.63) is 88.9 Å². The molecule has 1 aromatic heterocycles. The molecule has 204 valence electrons. The third-order valence-electron chi connectivity index (χ3n) is 5.64. The van der Waals surface area contributed by atoms with Gasteiger partial charge in [0.05, 0.1) is 16.7 Å². The minimum atomic E-state index is -1.33. The summed E-state index contributed by atoms with van der Waals surface area (Å²) < 4.78 is 5.37. The largest absolute Gasteiger partial charge is 0.481 e. The van der Waals surface area contributed by atoms with Gasteiger partial charge in [-0.25, -0.2) is 4.79 Å². The predicted molar refractivity (Wildman–Crippen MR) is 152 cm³/mol. The number of aliphatic carboxylic acids is 1. The van der Waals surface area contributed by atoms with Crippen LogP contribution in [0.5, 0.6) is 0 Å². The van der Waals surface area contributed by atoms with Crippen molar-refractivity contribution in [3.63, 3.8) is 0 Å². The highest BCUT2D eigenvalue weighted by Crippen LogP contribution is 2.30. The number of carboxylic acid groups (broad SMARTS) is 2. The van der Waals surface area contributed by atoms with Crippen LogP contribution in [0.3, 0.4) is 0 Å². The van der Waals surface area contributed by atoms with Gasteiger partial charge < -0.3 is 19.7 Å². The van der Waals surface area contributed by atoms with E-state index in [-0.39, 0.29) is 17.4 Å². The third-order valence-corrected chi connectivity index (χ3v) is 6.91. The Bertz CT molecular complexity index is 1220. The average Bonchev–Trinajstić information content (AvgIpc) is 2.88. The van der Waals surface area contributed by atoms with Gasteiger partial charge in [-0.1, -0.05) is 68.4 Å². The van der Waals surface area contributed by atoms with E-state index in [1.54, 1.807) is 18.2 Å². The van der Waals surface area contributed by atoms with Gasteiger partial charge in [0.25, 0.3) is 0 Å². The van der Waals surface area contributed by atoms with Crippen molar-refractivity contribution in [2.75, 3.05) is 0 Å². The Morgan fingerprint density at radius 3 is 2.53 bits per heavy atom. The van der Waals surface area contributed by atoms with Crippen LogP contribution in [0.1, 0.15) is 68.8 Å². The summed E-state index contributed by atoms with van der Waals surface area (Å²) in [6.45, 7) is 2.19. The van der Waals surface area contributed by atoms with Crippen molar-refractivity contribution in [2.24, 2.45) is 0 Å². The number of unbranched alkanes of at least 4 members (excludes halogenated alkanes) is 3. The van der Waals surface area contributed by atoms with Crippen LogP contribution < -0.4 is 5.43 Å². The van der Waals surface area contributed by atoms with Crippen LogP contribution in [-0.4, -0.2) is 38.6 Å². The predicted octanol–water partition coefficient (Wildman–Crippen LogP) is 6.76. The lowest BCUT2D eigenvalue weighted by Crippen LogP contribution is -2.21. The zero-order valence-corrected chi connectivity index (χ0v) is 22.4. The van der Waals surface area contributed by atoms with Gasteiger partial charge in [0.1, 0.15) is 5.58 Å². The lowest BCUT2D eigenvalue weighted by atomic mass is 10.1. The van der Waals surface area contributed by atoms with Crippen molar-refractivity contribution in [1.82, 2.24) is 0 Å². The fourth-order valence-electron chi connectivity index (χ4n) is 3.61. The Labute approximate surface area is 227 Å². The van der Waals surface area contributed by atoms with Crippen LogP contribution in [0.25, 0.3) is 11.0 Å². The first-order chi connectivity index (χ1) is 18.3. The number of rotatable bonds is 17. The fourth-order valence-corrected chi connectivity index (χ4v) is 4.71. The summed E-state index contributed by atoms with van der Waals surface area (Å²) in [6, 6.07) is 5.80. The molecule has 0 saturated carbocycles. The highest BCUT2D eigenvalue weighted by atomic mass is 32.2. The van der Waals surface area contributed by atoms with Crippen molar-refractivity contribution in [3.8, 4) is 0 Å². The molecule has 0 fully saturated rings. The SMILES string of the molecule is CCCCC/C=C/C\C=C/C=C/C=C/[C@@H](Sc1ccc2c(=O)cc(C(=O)O)oc2c1)[C@H](O)CCCC(=O)O. The molecule has 7 nitrogen and oxygen atoms in total. The Kier molecular flexibility index (Phi) is 14.0. The molecule has 2 aromatic rings. The average molecular weight is 541 g/mol. The molecule has 0 aliphatic rings. The van der Waals surface area contributed by atoms with E-state index in [2.05, 4.69) is 25.2 Å². The standard InChI is InChI=1S/C30H36O7S/c1-2-3-4-5-6-7-8-9-10-11-12-13-16-28(24(31)15-14-17-29(33)34)38-22-18-19-23-25(32)21-27(30(35)36)37-26(23)20-22/h6-7,9-13,16,18-21,24,28,31H,2-5,8,14-15,17H2,1H3,(H,33,34)(H,35,36)/b7-6+,10-9-,12-11+,16-13+/t24-,28-/m1/s1. The number of allylic oxidation sites excluding steroid dienone is 7. The number of hydrogen-bond donors (Lipinski definition) is 3. The Morgan fingerprint density at radius 1 is 1.00 bits per heavy atom. The second-order valence-corrected chi connectivity index (χ2v) is 10.0. The summed E-state index contributed by atoms with van der Waals surface area (Å²) in [6.07, 6.45) is 21.3. The molecule has 1 aromatic carbocycles.